The molecule has 2 aliphatic heterocycles. The number of fused-ring (bicyclic) bond motifs is 2. The molecule has 1 aromatic heterocycles. The summed E-state index contributed by atoms with van der Waals surface area (Å²) >= 11 is 11.7. The predicted octanol–water partition coefficient (Wildman–Crippen LogP) is 6.14. The first-order valence-electron chi connectivity index (χ1n) is 11.9. The summed E-state index contributed by atoms with van der Waals surface area (Å²) < 4.78 is 6.96. The van der Waals surface area contributed by atoms with Gasteiger partial charge in [-0.1, -0.05) is 62.8 Å². The number of non-ortho nitro benzene ring substituents is 1. The lowest BCUT2D eigenvalue weighted by Crippen LogP contribution is -2.32. The van der Waals surface area contributed by atoms with E-state index in [1.165, 1.54) is 24.3 Å². The van der Waals surface area contributed by atoms with Gasteiger partial charge in [0, 0.05) is 38.0 Å². The van der Waals surface area contributed by atoms with Crippen molar-refractivity contribution in [2.45, 2.75) is 22.8 Å². The van der Waals surface area contributed by atoms with Crippen LogP contribution in [0.15, 0.2) is 81.0 Å². The van der Waals surface area contributed by atoms with Crippen LogP contribution >= 0.6 is 50.6 Å². The molecule has 3 unspecified atom stereocenters. The first kappa shape index (κ1) is 26.8. The van der Waals surface area contributed by atoms with Crippen molar-refractivity contribution in [2.24, 2.45) is 5.92 Å². The number of thioether (sulfide) groups is 1. The van der Waals surface area contributed by atoms with Crippen molar-refractivity contribution >= 4 is 73.8 Å². The van der Waals surface area contributed by atoms with Gasteiger partial charge in [0.15, 0.2) is 0 Å². The van der Waals surface area contributed by atoms with Crippen molar-refractivity contribution in [3.05, 3.63) is 112 Å². The molecule has 13 heteroatoms. The van der Waals surface area contributed by atoms with Crippen LogP contribution in [0, 0.1) is 16.0 Å². The molecule has 0 saturated carbocycles. The van der Waals surface area contributed by atoms with E-state index in [1.807, 2.05) is 24.3 Å². The van der Waals surface area contributed by atoms with E-state index in [2.05, 4.69) is 20.9 Å². The van der Waals surface area contributed by atoms with E-state index in [0.717, 1.165) is 38.0 Å². The Labute approximate surface area is 248 Å². The van der Waals surface area contributed by atoms with Crippen LogP contribution in [0.1, 0.15) is 21.9 Å². The van der Waals surface area contributed by atoms with Crippen molar-refractivity contribution in [2.75, 3.05) is 4.90 Å². The molecule has 2 aliphatic rings. The lowest BCUT2D eigenvalue weighted by molar-refractivity contribution is -0.384. The number of anilines is 1. The van der Waals surface area contributed by atoms with E-state index >= 15 is 0 Å². The number of imide groups is 1. The third-order valence-corrected chi connectivity index (χ3v) is 9.90. The molecule has 0 aliphatic carbocycles. The molecule has 3 heterocycles. The minimum atomic E-state index is -0.834. The number of rotatable bonds is 6. The molecule has 3 atom stereocenters. The van der Waals surface area contributed by atoms with E-state index < -0.39 is 33.8 Å². The van der Waals surface area contributed by atoms with E-state index in [0.29, 0.717) is 26.2 Å². The van der Waals surface area contributed by atoms with E-state index in [9.17, 15) is 24.5 Å². The number of nitrogens with one attached hydrogen (secondary N) is 1. The molecule has 9 nitrogen and oxygen atoms in total. The second-order valence-electron chi connectivity index (χ2n) is 9.13. The van der Waals surface area contributed by atoms with Crippen LogP contribution in [0.25, 0.3) is 0 Å². The fourth-order valence-corrected chi connectivity index (χ4v) is 7.98. The normalized spacial score (nSPS) is 19.9. The number of nitro groups is 1. The number of carbonyl (C=O) groups excluding carboxylic acids is 2. The summed E-state index contributed by atoms with van der Waals surface area (Å²) in [6, 6.07) is 18.0. The van der Waals surface area contributed by atoms with Gasteiger partial charge in [-0.05, 0) is 48.0 Å². The Kier molecular flexibility index (Phi) is 7.03. The number of hydrogen-bond acceptors (Lipinski definition) is 8. The molecule has 1 N–H and O–H groups in total. The first-order chi connectivity index (χ1) is 19.2. The number of nitrogens with zero attached hydrogens (tertiary/aromatic N) is 2. The van der Waals surface area contributed by atoms with Crippen molar-refractivity contribution in [1.29, 1.82) is 0 Å². The van der Waals surface area contributed by atoms with Crippen LogP contribution < -0.4 is 14.5 Å². The summed E-state index contributed by atoms with van der Waals surface area (Å²) in [7, 11) is 0. The molecule has 0 bridgehead atoms. The number of H-pyrrole nitrogens is 1. The van der Waals surface area contributed by atoms with Crippen molar-refractivity contribution in [1.82, 2.24) is 4.98 Å². The van der Waals surface area contributed by atoms with Gasteiger partial charge in [0.05, 0.1) is 21.6 Å². The summed E-state index contributed by atoms with van der Waals surface area (Å²) in [6.45, 7) is 0.236. The van der Waals surface area contributed by atoms with Gasteiger partial charge in [-0.15, -0.1) is 0 Å². The van der Waals surface area contributed by atoms with E-state index in [1.54, 1.807) is 18.2 Å². The zero-order valence-corrected chi connectivity index (χ0v) is 24.2. The number of aromatic nitrogens is 1. The van der Waals surface area contributed by atoms with Crippen molar-refractivity contribution in [3.63, 3.8) is 0 Å². The Balaban J connectivity index is 1.42. The monoisotopic (exact) mass is 657 g/mol. The number of hydrogen-bond donors (Lipinski definition) is 1. The SMILES string of the molecule is O=C1C2Sc3[nH]c(=O)sc3C(c3cc(Br)ccc3OCc3ccc(Cl)cc3)C2C(=O)N1c1ccc([N+](=O)[O-])cc1. The molecule has 1 fully saturated rings. The summed E-state index contributed by atoms with van der Waals surface area (Å²) in [6.07, 6.45) is 0. The van der Waals surface area contributed by atoms with Crippen LogP contribution in [0.2, 0.25) is 5.02 Å². The zero-order chi connectivity index (χ0) is 28.1. The van der Waals surface area contributed by atoms with Gasteiger partial charge in [-0.25, -0.2) is 4.90 Å². The van der Waals surface area contributed by atoms with Gasteiger partial charge in [0.2, 0.25) is 11.8 Å². The molecule has 1 saturated heterocycles. The Morgan fingerprint density at radius 2 is 1.75 bits per heavy atom. The number of carbonyl (C=O) groups is 2. The molecule has 3 aromatic carbocycles. The summed E-state index contributed by atoms with van der Waals surface area (Å²) in [5.41, 5.74) is 1.64. The third kappa shape index (κ3) is 4.74. The van der Waals surface area contributed by atoms with Crippen LogP contribution in [-0.2, 0) is 16.2 Å². The van der Waals surface area contributed by atoms with Crippen LogP contribution in [0.5, 0.6) is 5.75 Å². The highest BCUT2D eigenvalue weighted by molar-refractivity contribution is 9.10. The van der Waals surface area contributed by atoms with Crippen LogP contribution in [0.4, 0.5) is 11.4 Å². The Bertz CT molecular complexity index is 1720. The van der Waals surface area contributed by atoms with Gasteiger partial charge in [-0.3, -0.25) is 24.5 Å². The molecule has 0 radical (unpaired) electrons. The van der Waals surface area contributed by atoms with E-state index in [4.69, 9.17) is 16.3 Å². The number of halogens is 2. The standard InChI is InChI=1S/C27H17BrClN3O6S2/c28-14-3-10-19(38-12-13-1-4-15(29)5-2-13)18(11-14)20-21-23(39-24-22(20)40-27(35)30-24)26(34)31(25(21)33)16-6-8-17(9-7-16)32(36)37/h1-11,20-21,23H,12H2,(H,30,35). The lowest BCUT2D eigenvalue weighted by atomic mass is 9.82. The quantitative estimate of drug-likeness (QED) is 0.150. The van der Waals surface area contributed by atoms with Gasteiger partial charge >= 0.3 is 4.87 Å². The molecular weight excluding hydrogens is 642 g/mol. The van der Waals surface area contributed by atoms with Crippen molar-refractivity contribution < 1.29 is 19.2 Å². The van der Waals surface area contributed by atoms with Gasteiger partial charge in [0.1, 0.15) is 17.6 Å². The number of nitro benzene ring substituents is 1. The fourth-order valence-electron chi connectivity index (χ4n) is 4.97. The lowest BCUT2D eigenvalue weighted by Gasteiger charge is -2.31. The molecule has 202 valence electrons. The molecule has 0 spiro atoms. The number of benzene rings is 3. The Hall–Kier alpha value is -3.45. The molecule has 6 rings (SSSR count). The Morgan fingerprint density at radius 1 is 1.02 bits per heavy atom. The number of aromatic amines is 1. The van der Waals surface area contributed by atoms with Crippen molar-refractivity contribution in [3.8, 4) is 5.75 Å². The number of ether oxygens (including phenoxy) is 1. The zero-order valence-electron chi connectivity index (χ0n) is 20.2. The smallest absolute Gasteiger partial charge is 0.305 e. The average molecular weight is 659 g/mol. The highest BCUT2D eigenvalue weighted by Gasteiger charge is 2.56. The first-order valence-corrected chi connectivity index (χ1v) is 14.8. The summed E-state index contributed by atoms with van der Waals surface area (Å²) in [4.78, 5) is 54.9. The average Bonchev–Trinajstić information content (AvgIpc) is 3.43. The fraction of sp³-hybridized carbons (Fsp3) is 0.148. The highest BCUT2D eigenvalue weighted by Crippen LogP contribution is 2.54. The molecule has 40 heavy (non-hydrogen) atoms. The predicted molar refractivity (Wildman–Crippen MR) is 155 cm³/mol. The summed E-state index contributed by atoms with van der Waals surface area (Å²) in [5.74, 6) is -1.87. The second kappa shape index (κ2) is 10.5. The van der Waals surface area contributed by atoms with Gasteiger partial charge < -0.3 is 9.72 Å². The Morgan fingerprint density at radius 3 is 2.45 bits per heavy atom. The maximum absolute atomic E-state index is 14.0. The van der Waals surface area contributed by atoms with Crippen LogP contribution in [0.3, 0.4) is 0 Å². The third-order valence-electron chi connectivity index (χ3n) is 6.76. The molecular formula is C27H17BrClN3O6S2. The van der Waals surface area contributed by atoms with Gasteiger partial charge in [-0.2, -0.15) is 0 Å². The molecule has 4 aromatic rings. The highest BCUT2D eigenvalue weighted by atomic mass is 79.9. The minimum absolute atomic E-state index is 0.149. The summed E-state index contributed by atoms with van der Waals surface area (Å²) in [5, 5.41) is 11.4. The van der Waals surface area contributed by atoms with Crippen LogP contribution in [-0.4, -0.2) is 27.0 Å². The largest absolute Gasteiger partial charge is 0.489 e. The molecule has 2 amide bonds. The minimum Gasteiger partial charge on any atom is -0.489 e. The topological polar surface area (TPSA) is 123 Å². The number of thiazole rings is 1. The van der Waals surface area contributed by atoms with Gasteiger partial charge in [0.25, 0.3) is 5.69 Å². The maximum Gasteiger partial charge on any atom is 0.305 e. The maximum atomic E-state index is 14.0. The number of amides is 2. The second-order valence-corrected chi connectivity index (χ2v) is 12.7. The van der Waals surface area contributed by atoms with E-state index in [-0.39, 0.29) is 22.9 Å².